The molecule has 0 saturated heterocycles. The average Bonchev–Trinajstić information content (AvgIpc) is 2.78. The first kappa shape index (κ1) is 16.8. The highest BCUT2D eigenvalue weighted by molar-refractivity contribution is 4.89. The lowest BCUT2D eigenvalue weighted by molar-refractivity contribution is -0.174. The van der Waals surface area contributed by atoms with Crippen molar-refractivity contribution in [3.8, 4) is 0 Å². The molecule has 0 aliphatic carbocycles. The third-order valence-electron chi connectivity index (χ3n) is 2.49. The third kappa shape index (κ3) is 6.29. The zero-order valence-electron chi connectivity index (χ0n) is 11.8. The summed E-state index contributed by atoms with van der Waals surface area (Å²) in [6.45, 7) is 5.70. The van der Waals surface area contributed by atoms with Crippen molar-refractivity contribution in [3.63, 3.8) is 0 Å². The van der Waals surface area contributed by atoms with E-state index >= 15 is 0 Å². The summed E-state index contributed by atoms with van der Waals surface area (Å²) in [6, 6.07) is -0.0741. The number of ether oxygens (including phenoxy) is 1. The zero-order chi connectivity index (χ0) is 15.2. The Kier molecular flexibility index (Phi) is 6.34. The van der Waals surface area contributed by atoms with E-state index in [0.29, 0.717) is 11.7 Å². The second-order valence-electron chi connectivity index (χ2n) is 4.95. The summed E-state index contributed by atoms with van der Waals surface area (Å²) in [5.41, 5.74) is 0. The molecule has 1 atom stereocenters. The predicted octanol–water partition coefficient (Wildman–Crippen LogP) is 1.56. The maximum absolute atomic E-state index is 11.9. The van der Waals surface area contributed by atoms with Gasteiger partial charge in [-0.25, -0.2) is 4.68 Å². The van der Waals surface area contributed by atoms with E-state index in [0.717, 1.165) is 6.54 Å². The van der Waals surface area contributed by atoms with Crippen molar-refractivity contribution in [3.05, 3.63) is 5.82 Å². The Morgan fingerprint density at radius 1 is 1.30 bits per heavy atom. The lowest BCUT2D eigenvalue weighted by Crippen LogP contribution is -2.27. The fourth-order valence-electron chi connectivity index (χ4n) is 1.52. The van der Waals surface area contributed by atoms with Gasteiger partial charge >= 0.3 is 6.18 Å². The van der Waals surface area contributed by atoms with Gasteiger partial charge in [0.1, 0.15) is 6.61 Å². The molecule has 1 rings (SSSR count). The summed E-state index contributed by atoms with van der Waals surface area (Å²) in [5, 5.41) is 14.4. The summed E-state index contributed by atoms with van der Waals surface area (Å²) in [6.07, 6.45) is -4.31. The molecule has 0 aliphatic heterocycles. The van der Waals surface area contributed by atoms with Gasteiger partial charge in [-0.1, -0.05) is 13.8 Å². The Hall–Kier alpha value is -1.22. The first-order valence-corrected chi connectivity index (χ1v) is 6.43. The second kappa shape index (κ2) is 7.53. The number of alkyl halides is 3. The van der Waals surface area contributed by atoms with Crippen molar-refractivity contribution in [2.24, 2.45) is 5.92 Å². The van der Waals surface area contributed by atoms with Crippen molar-refractivity contribution < 1.29 is 17.9 Å². The Labute approximate surface area is 115 Å². The monoisotopic (exact) mass is 295 g/mol. The molecule has 0 amide bonds. The molecule has 0 aromatic carbocycles. The van der Waals surface area contributed by atoms with Crippen LogP contribution in [-0.4, -0.2) is 46.1 Å². The molecule has 1 N–H and O–H groups in total. The summed E-state index contributed by atoms with van der Waals surface area (Å²) in [5.74, 6) is 1.07. The molecule has 0 bridgehead atoms. The minimum atomic E-state index is -4.31. The molecule has 6 nitrogen and oxygen atoms in total. The highest BCUT2D eigenvalue weighted by Crippen LogP contribution is 2.14. The van der Waals surface area contributed by atoms with Crippen LogP contribution in [-0.2, 0) is 11.3 Å². The van der Waals surface area contributed by atoms with E-state index in [4.69, 9.17) is 0 Å². The molecule has 0 spiro atoms. The maximum atomic E-state index is 11.9. The van der Waals surface area contributed by atoms with Gasteiger partial charge in [-0.15, -0.1) is 5.10 Å². The van der Waals surface area contributed by atoms with Gasteiger partial charge in [-0.3, -0.25) is 0 Å². The van der Waals surface area contributed by atoms with E-state index in [1.165, 1.54) is 4.68 Å². The van der Waals surface area contributed by atoms with Crippen molar-refractivity contribution >= 4 is 0 Å². The van der Waals surface area contributed by atoms with Gasteiger partial charge in [0.2, 0.25) is 0 Å². The molecule has 1 heterocycles. The number of hydrogen-bond donors (Lipinski definition) is 1. The van der Waals surface area contributed by atoms with Gasteiger partial charge in [0, 0.05) is 0 Å². The summed E-state index contributed by atoms with van der Waals surface area (Å²) in [4.78, 5) is 0. The van der Waals surface area contributed by atoms with Gasteiger partial charge in [0.15, 0.2) is 5.82 Å². The van der Waals surface area contributed by atoms with Gasteiger partial charge in [-0.05, 0) is 29.8 Å². The van der Waals surface area contributed by atoms with Crippen LogP contribution in [0.2, 0.25) is 0 Å². The smallest absolute Gasteiger partial charge is 0.370 e. The summed E-state index contributed by atoms with van der Waals surface area (Å²) >= 11 is 0. The Morgan fingerprint density at radius 3 is 2.60 bits per heavy atom. The van der Waals surface area contributed by atoms with Crippen molar-refractivity contribution in [1.29, 1.82) is 0 Å². The van der Waals surface area contributed by atoms with Crippen LogP contribution in [0.3, 0.4) is 0 Å². The lowest BCUT2D eigenvalue weighted by Gasteiger charge is -2.15. The van der Waals surface area contributed by atoms with E-state index in [1.54, 1.807) is 0 Å². The third-order valence-corrected chi connectivity index (χ3v) is 2.49. The predicted molar refractivity (Wildman–Crippen MR) is 65.9 cm³/mol. The minimum absolute atomic E-state index is 0.0741. The Bertz CT molecular complexity index is 394. The van der Waals surface area contributed by atoms with Gasteiger partial charge in [-0.2, -0.15) is 13.2 Å². The largest absolute Gasteiger partial charge is 0.411 e. The van der Waals surface area contributed by atoms with E-state index in [2.05, 4.69) is 39.4 Å². The number of aromatic nitrogens is 4. The molecule has 0 aliphatic rings. The number of nitrogens with zero attached hydrogens (tertiary/aromatic N) is 4. The molecule has 116 valence electrons. The second-order valence-corrected chi connectivity index (χ2v) is 4.95. The minimum Gasteiger partial charge on any atom is -0.370 e. The lowest BCUT2D eigenvalue weighted by atomic mass is 10.2. The summed E-state index contributed by atoms with van der Waals surface area (Å²) in [7, 11) is 0. The van der Waals surface area contributed by atoms with E-state index < -0.39 is 12.8 Å². The molecule has 1 aromatic rings. The topological polar surface area (TPSA) is 64.9 Å². The molecule has 9 heteroatoms. The van der Waals surface area contributed by atoms with Crippen LogP contribution in [0.1, 0.15) is 32.6 Å². The molecule has 0 saturated carbocycles. The molecular formula is C11H20F3N5O. The quantitative estimate of drug-likeness (QED) is 0.737. The fraction of sp³-hybridized carbons (Fsp3) is 0.909. The van der Waals surface area contributed by atoms with Crippen LogP contribution in [0.15, 0.2) is 0 Å². The van der Waals surface area contributed by atoms with Crippen LogP contribution < -0.4 is 5.32 Å². The molecular weight excluding hydrogens is 275 g/mol. The summed E-state index contributed by atoms with van der Waals surface area (Å²) < 4.78 is 41.8. The van der Waals surface area contributed by atoms with Crippen molar-refractivity contribution in [2.75, 3.05) is 19.8 Å². The van der Waals surface area contributed by atoms with Crippen molar-refractivity contribution in [2.45, 2.75) is 39.5 Å². The van der Waals surface area contributed by atoms with E-state index in [-0.39, 0.29) is 19.2 Å². The molecule has 1 unspecified atom stereocenters. The van der Waals surface area contributed by atoms with Gasteiger partial charge < -0.3 is 10.1 Å². The standard InChI is InChI=1S/C11H20F3N5O/c1-8(2)6-15-9(3)10-16-17-18-19(10)4-5-20-7-11(12,13)14/h8-9,15H,4-7H2,1-3H3. The zero-order valence-corrected chi connectivity index (χ0v) is 11.8. The normalized spacial score (nSPS) is 13.9. The Morgan fingerprint density at radius 2 is 2.00 bits per heavy atom. The first-order chi connectivity index (χ1) is 9.29. The number of tetrazole rings is 1. The van der Waals surface area contributed by atoms with Crippen molar-refractivity contribution in [1.82, 2.24) is 25.5 Å². The number of nitrogens with one attached hydrogen (secondary N) is 1. The van der Waals surface area contributed by atoms with Crippen LogP contribution in [0.25, 0.3) is 0 Å². The SMILES string of the molecule is CC(C)CNC(C)c1nnnn1CCOCC(F)(F)F. The highest BCUT2D eigenvalue weighted by atomic mass is 19.4. The van der Waals surface area contributed by atoms with E-state index in [1.807, 2.05) is 6.92 Å². The van der Waals surface area contributed by atoms with Gasteiger partial charge in [0.25, 0.3) is 0 Å². The molecule has 0 fully saturated rings. The number of rotatable bonds is 8. The van der Waals surface area contributed by atoms with E-state index in [9.17, 15) is 13.2 Å². The highest BCUT2D eigenvalue weighted by Gasteiger charge is 2.27. The maximum Gasteiger partial charge on any atom is 0.411 e. The first-order valence-electron chi connectivity index (χ1n) is 6.43. The fourth-order valence-corrected chi connectivity index (χ4v) is 1.52. The molecule has 20 heavy (non-hydrogen) atoms. The molecule has 1 aromatic heterocycles. The Balaban J connectivity index is 2.42. The van der Waals surface area contributed by atoms with Gasteiger partial charge in [0.05, 0.1) is 19.2 Å². The van der Waals surface area contributed by atoms with Crippen LogP contribution in [0.5, 0.6) is 0 Å². The van der Waals surface area contributed by atoms with Crippen LogP contribution in [0.4, 0.5) is 13.2 Å². The number of halogens is 3. The average molecular weight is 295 g/mol. The van der Waals surface area contributed by atoms with Crippen LogP contribution in [0, 0.1) is 5.92 Å². The molecule has 0 radical (unpaired) electrons. The number of hydrogen-bond acceptors (Lipinski definition) is 5. The van der Waals surface area contributed by atoms with Crippen LogP contribution >= 0.6 is 0 Å².